The van der Waals surface area contributed by atoms with E-state index in [1.54, 1.807) is 35.6 Å². The van der Waals surface area contributed by atoms with Crippen molar-refractivity contribution in [2.45, 2.75) is 23.9 Å². The Kier molecular flexibility index (Phi) is 6.30. The highest BCUT2D eigenvalue weighted by Crippen LogP contribution is 2.30. The molecule has 136 valence electrons. The van der Waals surface area contributed by atoms with Crippen LogP contribution < -0.4 is 4.72 Å². The predicted octanol–water partition coefficient (Wildman–Crippen LogP) is 3.25. The van der Waals surface area contributed by atoms with Gasteiger partial charge in [-0.05, 0) is 42.6 Å². The van der Waals surface area contributed by atoms with Gasteiger partial charge in [0.25, 0.3) is 0 Å². The van der Waals surface area contributed by atoms with E-state index in [1.165, 1.54) is 0 Å². The van der Waals surface area contributed by atoms with Crippen molar-refractivity contribution >= 4 is 37.3 Å². The lowest BCUT2D eigenvalue weighted by Crippen LogP contribution is -2.48. The van der Waals surface area contributed by atoms with E-state index in [0.29, 0.717) is 13.2 Å². The molecule has 1 aromatic heterocycles. The summed E-state index contributed by atoms with van der Waals surface area (Å²) in [5.41, 5.74) is 0. The second-order valence-corrected chi connectivity index (χ2v) is 9.58. The second-order valence-electron chi connectivity index (χ2n) is 5.97. The van der Waals surface area contributed by atoms with Crippen LogP contribution in [0.3, 0.4) is 0 Å². The summed E-state index contributed by atoms with van der Waals surface area (Å²) in [6.07, 6.45) is 0. The van der Waals surface area contributed by atoms with E-state index < -0.39 is 10.0 Å². The number of hydrogen-bond donors (Lipinski definition) is 1. The third-order valence-electron chi connectivity index (χ3n) is 4.21. The topological polar surface area (TPSA) is 58.6 Å². The lowest BCUT2D eigenvalue weighted by Gasteiger charge is -2.37. The number of nitrogens with one attached hydrogen (secondary N) is 1. The molecule has 0 radical (unpaired) electrons. The maximum atomic E-state index is 12.7. The van der Waals surface area contributed by atoms with Crippen LogP contribution in [-0.4, -0.2) is 45.7 Å². The Morgan fingerprint density at radius 1 is 1.20 bits per heavy atom. The van der Waals surface area contributed by atoms with Gasteiger partial charge in [-0.15, -0.1) is 11.3 Å². The van der Waals surface area contributed by atoms with Crippen molar-refractivity contribution in [3.05, 3.63) is 51.1 Å². The van der Waals surface area contributed by atoms with Crippen LogP contribution in [0.1, 0.15) is 17.8 Å². The zero-order chi connectivity index (χ0) is 17.9. The highest BCUT2D eigenvalue weighted by Gasteiger charge is 2.31. The van der Waals surface area contributed by atoms with Crippen LogP contribution in [0.5, 0.6) is 0 Å². The average Bonchev–Trinajstić information content (AvgIpc) is 3.10. The van der Waals surface area contributed by atoms with Gasteiger partial charge in [0.1, 0.15) is 0 Å². The van der Waals surface area contributed by atoms with Gasteiger partial charge in [0, 0.05) is 28.5 Å². The Morgan fingerprint density at radius 2 is 1.88 bits per heavy atom. The van der Waals surface area contributed by atoms with Crippen LogP contribution in [-0.2, 0) is 14.8 Å². The summed E-state index contributed by atoms with van der Waals surface area (Å²) in [7, 11) is -3.58. The molecular weight excluding hydrogens is 424 g/mol. The number of thiophene rings is 1. The van der Waals surface area contributed by atoms with Gasteiger partial charge in [0.05, 0.1) is 24.2 Å². The molecule has 1 aliphatic heterocycles. The molecule has 1 fully saturated rings. The van der Waals surface area contributed by atoms with E-state index in [2.05, 4.69) is 31.6 Å². The van der Waals surface area contributed by atoms with Crippen molar-refractivity contribution in [1.29, 1.82) is 0 Å². The number of benzene rings is 1. The number of hydrogen-bond acceptors (Lipinski definition) is 5. The number of halogens is 1. The molecule has 3 rings (SSSR count). The zero-order valence-electron chi connectivity index (χ0n) is 13.9. The maximum Gasteiger partial charge on any atom is 0.240 e. The molecule has 2 aromatic rings. The van der Waals surface area contributed by atoms with Gasteiger partial charge in [-0.2, -0.15) is 0 Å². The Labute approximate surface area is 161 Å². The summed E-state index contributed by atoms with van der Waals surface area (Å²) in [5.74, 6) is 0. The van der Waals surface area contributed by atoms with Crippen molar-refractivity contribution in [1.82, 2.24) is 9.62 Å². The average molecular weight is 445 g/mol. The molecular formula is C17H21BrN2O3S2. The molecule has 5 nitrogen and oxygen atoms in total. The van der Waals surface area contributed by atoms with Crippen molar-refractivity contribution in [2.75, 3.05) is 26.3 Å². The van der Waals surface area contributed by atoms with E-state index in [0.717, 1.165) is 22.4 Å². The van der Waals surface area contributed by atoms with Crippen LogP contribution in [0.15, 0.2) is 51.1 Å². The van der Waals surface area contributed by atoms with Crippen molar-refractivity contribution in [2.24, 2.45) is 0 Å². The summed E-state index contributed by atoms with van der Waals surface area (Å²) < 4.78 is 34.6. The molecule has 2 heterocycles. The first-order chi connectivity index (χ1) is 12.0. The minimum absolute atomic E-state index is 0.00544. The van der Waals surface area contributed by atoms with Crippen LogP contribution in [0.4, 0.5) is 0 Å². The molecule has 0 aliphatic carbocycles. The summed E-state index contributed by atoms with van der Waals surface area (Å²) in [6, 6.07) is 10.5. The van der Waals surface area contributed by atoms with Gasteiger partial charge in [0.2, 0.25) is 10.0 Å². The molecule has 8 heteroatoms. The van der Waals surface area contributed by atoms with Crippen LogP contribution in [0.2, 0.25) is 0 Å². The Hall–Kier alpha value is -0.770. The fourth-order valence-electron chi connectivity index (χ4n) is 3.05. The molecule has 25 heavy (non-hydrogen) atoms. The van der Waals surface area contributed by atoms with Gasteiger partial charge in [-0.1, -0.05) is 22.0 Å². The molecule has 2 atom stereocenters. The Balaban J connectivity index is 1.82. The van der Waals surface area contributed by atoms with Crippen LogP contribution >= 0.6 is 27.3 Å². The van der Waals surface area contributed by atoms with Gasteiger partial charge >= 0.3 is 0 Å². The lowest BCUT2D eigenvalue weighted by atomic mass is 10.1. The minimum Gasteiger partial charge on any atom is -0.379 e. The fraction of sp³-hybridized carbons (Fsp3) is 0.412. The number of morpholine rings is 1. The quantitative estimate of drug-likeness (QED) is 0.742. The summed E-state index contributed by atoms with van der Waals surface area (Å²) >= 11 is 4.99. The Bertz CT molecular complexity index is 773. The maximum absolute atomic E-state index is 12.7. The highest BCUT2D eigenvalue weighted by atomic mass is 79.9. The summed E-state index contributed by atoms with van der Waals surface area (Å²) in [6.45, 7) is 4.87. The van der Waals surface area contributed by atoms with E-state index in [9.17, 15) is 8.42 Å². The smallest absolute Gasteiger partial charge is 0.240 e. The van der Waals surface area contributed by atoms with Gasteiger partial charge < -0.3 is 4.74 Å². The number of nitrogens with zero attached hydrogens (tertiary/aromatic N) is 1. The molecule has 0 saturated carbocycles. The molecule has 1 saturated heterocycles. The van der Waals surface area contributed by atoms with Crippen molar-refractivity contribution in [3.8, 4) is 0 Å². The first-order valence-corrected chi connectivity index (χ1v) is 11.3. The van der Waals surface area contributed by atoms with Crippen LogP contribution in [0.25, 0.3) is 0 Å². The van der Waals surface area contributed by atoms with Gasteiger partial charge in [0.15, 0.2) is 0 Å². The monoisotopic (exact) mass is 444 g/mol. The molecule has 1 aromatic carbocycles. The van der Waals surface area contributed by atoms with Crippen molar-refractivity contribution < 1.29 is 13.2 Å². The second kappa shape index (κ2) is 8.28. The fourth-order valence-corrected chi connectivity index (χ4v) is 5.53. The third-order valence-corrected chi connectivity index (χ3v) is 7.26. The molecule has 1 aliphatic rings. The number of sulfonamides is 1. The van der Waals surface area contributed by atoms with E-state index >= 15 is 0 Å². The Morgan fingerprint density at radius 3 is 2.48 bits per heavy atom. The third kappa shape index (κ3) is 4.69. The largest absolute Gasteiger partial charge is 0.379 e. The lowest BCUT2D eigenvalue weighted by molar-refractivity contribution is 0.0113. The van der Waals surface area contributed by atoms with E-state index in [4.69, 9.17) is 4.74 Å². The standard InChI is InChI=1S/C17H21BrN2O3S2/c1-13(19-25(21,22)15-6-4-14(18)5-7-15)17(16-3-2-12-24-16)20-8-10-23-11-9-20/h2-7,12-13,17,19H,8-11H2,1H3/t13-,17+/m0/s1. The van der Waals surface area contributed by atoms with Gasteiger partial charge in [-0.3, -0.25) is 4.90 Å². The van der Waals surface area contributed by atoms with Crippen molar-refractivity contribution in [3.63, 3.8) is 0 Å². The molecule has 0 bridgehead atoms. The summed E-state index contributed by atoms with van der Waals surface area (Å²) in [4.78, 5) is 3.73. The first-order valence-electron chi connectivity index (χ1n) is 8.10. The minimum atomic E-state index is -3.58. The molecule has 0 spiro atoms. The first kappa shape index (κ1) is 19.0. The highest BCUT2D eigenvalue weighted by molar-refractivity contribution is 9.10. The predicted molar refractivity (Wildman–Crippen MR) is 103 cm³/mol. The summed E-state index contributed by atoms with van der Waals surface area (Å²) in [5, 5.41) is 2.03. The normalized spacial score (nSPS) is 18.8. The SMILES string of the molecule is C[C@H](NS(=O)(=O)c1ccc(Br)cc1)[C@H](c1cccs1)N1CCOCC1. The molecule has 1 N–H and O–H groups in total. The van der Waals surface area contributed by atoms with E-state index in [1.807, 2.05) is 18.4 Å². The number of ether oxygens (including phenoxy) is 1. The molecule has 0 amide bonds. The molecule has 0 unspecified atom stereocenters. The zero-order valence-corrected chi connectivity index (χ0v) is 17.1. The number of rotatable bonds is 6. The van der Waals surface area contributed by atoms with Crippen LogP contribution in [0, 0.1) is 0 Å². The van der Waals surface area contributed by atoms with E-state index in [-0.39, 0.29) is 17.0 Å². The van der Waals surface area contributed by atoms with Gasteiger partial charge in [-0.25, -0.2) is 13.1 Å².